The number of hydrogen-bond donors (Lipinski definition) is 1. The first-order valence-electron chi connectivity index (χ1n) is 9.01. The molecule has 146 valence electrons. The van der Waals surface area contributed by atoms with Gasteiger partial charge >= 0.3 is 0 Å². The van der Waals surface area contributed by atoms with Gasteiger partial charge in [-0.2, -0.15) is 5.10 Å². The number of carbonyl (C=O) groups is 2. The first-order chi connectivity index (χ1) is 13.6. The molecule has 1 aliphatic rings. The molecule has 0 bridgehead atoms. The number of rotatable bonds is 7. The number of ether oxygens (including phenoxy) is 2. The van der Waals surface area contributed by atoms with Crippen LogP contribution in [0.5, 0.6) is 11.5 Å². The normalized spacial score (nSPS) is 13.7. The number of benzene rings is 2. The predicted molar refractivity (Wildman–Crippen MR) is 105 cm³/mol. The summed E-state index contributed by atoms with van der Waals surface area (Å²) in [6.45, 7) is 0.616. The van der Waals surface area contributed by atoms with Gasteiger partial charge in [-0.3, -0.25) is 9.59 Å². The SMILES string of the molecule is COc1ccc(OC)c(CNC(=O)C2=NN(Cc3ccccc3)C(=O)CC2)c1. The Hall–Kier alpha value is -3.35. The van der Waals surface area contributed by atoms with Crippen LogP contribution < -0.4 is 14.8 Å². The maximum atomic E-state index is 12.6. The highest BCUT2D eigenvalue weighted by atomic mass is 16.5. The molecule has 0 spiro atoms. The number of amides is 2. The molecule has 2 aromatic rings. The molecule has 7 nitrogen and oxygen atoms in total. The van der Waals surface area contributed by atoms with Gasteiger partial charge in [-0.1, -0.05) is 30.3 Å². The number of hydrogen-bond acceptors (Lipinski definition) is 5. The summed E-state index contributed by atoms with van der Waals surface area (Å²) in [5, 5.41) is 8.49. The molecular formula is C21H23N3O4. The molecule has 0 saturated heterocycles. The summed E-state index contributed by atoms with van der Waals surface area (Å²) in [5.41, 5.74) is 2.10. The molecule has 3 rings (SSSR count). The second-order valence-corrected chi connectivity index (χ2v) is 6.34. The summed E-state index contributed by atoms with van der Waals surface area (Å²) in [6, 6.07) is 15.0. The molecule has 1 aliphatic heterocycles. The monoisotopic (exact) mass is 381 g/mol. The third-order valence-corrected chi connectivity index (χ3v) is 4.47. The van der Waals surface area contributed by atoms with Crippen molar-refractivity contribution in [2.75, 3.05) is 14.2 Å². The highest BCUT2D eigenvalue weighted by Crippen LogP contribution is 2.23. The summed E-state index contributed by atoms with van der Waals surface area (Å²) in [5.74, 6) is 0.956. The fourth-order valence-corrected chi connectivity index (χ4v) is 2.94. The molecule has 0 aliphatic carbocycles. The van der Waals surface area contributed by atoms with Crippen molar-refractivity contribution in [2.24, 2.45) is 5.10 Å². The van der Waals surface area contributed by atoms with Gasteiger partial charge in [-0.05, 0) is 23.8 Å². The van der Waals surface area contributed by atoms with E-state index in [1.165, 1.54) is 5.01 Å². The van der Waals surface area contributed by atoms with Crippen LogP contribution in [-0.4, -0.2) is 36.8 Å². The van der Waals surface area contributed by atoms with Gasteiger partial charge in [0.2, 0.25) is 5.91 Å². The Balaban J connectivity index is 1.68. The second kappa shape index (κ2) is 9.03. The van der Waals surface area contributed by atoms with E-state index in [0.29, 0.717) is 30.2 Å². The van der Waals surface area contributed by atoms with E-state index in [1.54, 1.807) is 26.4 Å². The third kappa shape index (κ3) is 4.68. The lowest BCUT2D eigenvalue weighted by molar-refractivity contribution is -0.132. The summed E-state index contributed by atoms with van der Waals surface area (Å²) in [7, 11) is 3.16. The molecule has 0 aromatic heterocycles. The fraction of sp³-hybridized carbons (Fsp3) is 0.286. The largest absolute Gasteiger partial charge is 0.497 e. The van der Waals surface area contributed by atoms with E-state index in [1.807, 2.05) is 36.4 Å². The maximum absolute atomic E-state index is 12.6. The minimum absolute atomic E-state index is 0.0881. The van der Waals surface area contributed by atoms with Gasteiger partial charge in [0.15, 0.2) is 0 Å². The van der Waals surface area contributed by atoms with Crippen LogP contribution in [0.3, 0.4) is 0 Å². The molecule has 0 saturated carbocycles. The minimum atomic E-state index is -0.296. The van der Waals surface area contributed by atoms with Crippen molar-refractivity contribution < 1.29 is 19.1 Å². The van der Waals surface area contributed by atoms with Crippen molar-refractivity contribution in [3.8, 4) is 11.5 Å². The molecule has 0 fully saturated rings. The summed E-state index contributed by atoms with van der Waals surface area (Å²) < 4.78 is 10.6. The first-order valence-corrected chi connectivity index (χ1v) is 9.01. The number of hydrazone groups is 1. The van der Waals surface area contributed by atoms with E-state index in [4.69, 9.17) is 9.47 Å². The Morgan fingerprint density at radius 3 is 2.61 bits per heavy atom. The maximum Gasteiger partial charge on any atom is 0.267 e. The molecule has 0 atom stereocenters. The Morgan fingerprint density at radius 1 is 1.11 bits per heavy atom. The van der Waals surface area contributed by atoms with Crippen LogP contribution >= 0.6 is 0 Å². The third-order valence-electron chi connectivity index (χ3n) is 4.47. The van der Waals surface area contributed by atoms with Crippen molar-refractivity contribution in [3.05, 3.63) is 59.7 Å². The van der Waals surface area contributed by atoms with E-state index in [0.717, 1.165) is 11.1 Å². The van der Waals surface area contributed by atoms with Crippen LogP contribution in [0.2, 0.25) is 0 Å². The van der Waals surface area contributed by atoms with Gasteiger partial charge in [0.1, 0.15) is 17.2 Å². The van der Waals surface area contributed by atoms with Crippen molar-refractivity contribution in [3.63, 3.8) is 0 Å². The molecule has 1 N–H and O–H groups in total. The van der Waals surface area contributed by atoms with Crippen LogP contribution in [0, 0.1) is 0 Å². The standard InChI is InChI=1S/C21H23N3O4/c1-27-17-8-10-19(28-2)16(12-17)13-22-21(26)18-9-11-20(25)24(23-18)14-15-6-4-3-5-7-15/h3-8,10,12H,9,11,13-14H2,1-2H3,(H,22,26). The molecule has 0 unspecified atom stereocenters. The number of carbonyl (C=O) groups excluding carboxylic acids is 2. The van der Waals surface area contributed by atoms with E-state index in [2.05, 4.69) is 10.4 Å². The van der Waals surface area contributed by atoms with Gasteiger partial charge in [-0.15, -0.1) is 0 Å². The Labute approximate surface area is 163 Å². The van der Waals surface area contributed by atoms with Crippen molar-refractivity contribution >= 4 is 17.5 Å². The van der Waals surface area contributed by atoms with Gasteiger partial charge in [0.25, 0.3) is 5.91 Å². The van der Waals surface area contributed by atoms with Crippen LogP contribution in [0.15, 0.2) is 53.6 Å². The zero-order valence-electron chi connectivity index (χ0n) is 16.0. The zero-order chi connectivity index (χ0) is 19.9. The number of methoxy groups -OCH3 is 2. The van der Waals surface area contributed by atoms with Crippen molar-refractivity contribution in [1.82, 2.24) is 10.3 Å². The minimum Gasteiger partial charge on any atom is -0.497 e. The lowest BCUT2D eigenvalue weighted by atomic mass is 10.1. The lowest BCUT2D eigenvalue weighted by Crippen LogP contribution is -2.38. The first kappa shape index (κ1) is 19.4. The van der Waals surface area contributed by atoms with Gasteiger partial charge < -0.3 is 14.8 Å². The van der Waals surface area contributed by atoms with E-state index >= 15 is 0 Å². The molecule has 2 aromatic carbocycles. The lowest BCUT2D eigenvalue weighted by Gasteiger charge is -2.23. The van der Waals surface area contributed by atoms with Crippen LogP contribution in [0.4, 0.5) is 0 Å². The smallest absolute Gasteiger partial charge is 0.267 e. The molecule has 1 heterocycles. The Morgan fingerprint density at radius 2 is 1.89 bits per heavy atom. The summed E-state index contributed by atoms with van der Waals surface area (Å²) in [6.07, 6.45) is 0.590. The Kier molecular flexibility index (Phi) is 6.26. The highest BCUT2D eigenvalue weighted by molar-refractivity contribution is 6.39. The number of nitrogens with one attached hydrogen (secondary N) is 1. The average Bonchev–Trinajstić information content (AvgIpc) is 2.74. The van der Waals surface area contributed by atoms with Gasteiger partial charge in [0.05, 0.1) is 20.8 Å². The van der Waals surface area contributed by atoms with Crippen molar-refractivity contribution in [1.29, 1.82) is 0 Å². The van der Waals surface area contributed by atoms with Crippen LogP contribution in [0.25, 0.3) is 0 Å². The second-order valence-electron chi connectivity index (χ2n) is 6.34. The van der Waals surface area contributed by atoms with Crippen LogP contribution in [0.1, 0.15) is 24.0 Å². The van der Waals surface area contributed by atoms with E-state index in [-0.39, 0.29) is 24.8 Å². The molecule has 28 heavy (non-hydrogen) atoms. The summed E-state index contributed by atoms with van der Waals surface area (Å²) >= 11 is 0. The number of nitrogens with zero attached hydrogens (tertiary/aromatic N) is 2. The fourth-order valence-electron chi connectivity index (χ4n) is 2.94. The van der Waals surface area contributed by atoms with Crippen molar-refractivity contribution in [2.45, 2.75) is 25.9 Å². The topological polar surface area (TPSA) is 80.2 Å². The molecule has 2 amide bonds. The van der Waals surface area contributed by atoms with E-state index in [9.17, 15) is 9.59 Å². The average molecular weight is 381 g/mol. The van der Waals surface area contributed by atoms with Gasteiger partial charge in [-0.25, -0.2) is 5.01 Å². The zero-order valence-corrected chi connectivity index (χ0v) is 16.0. The molecule has 7 heteroatoms. The quantitative estimate of drug-likeness (QED) is 0.799. The summed E-state index contributed by atoms with van der Waals surface area (Å²) in [4.78, 5) is 24.7. The van der Waals surface area contributed by atoms with Gasteiger partial charge in [0, 0.05) is 24.9 Å². The van der Waals surface area contributed by atoms with E-state index < -0.39 is 0 Å². The molecule has 0 radical (unpaired) electrons. The molecular weight excluding hydrogens is 358 g/mol. The predicted octanol–water partition coefficient (Wildman–Crippen LogP) is 2.50. The highest BCUT2D eigenvalue weighted by Gasteiger charge is 2.24. The Bertz CT molecular complexity index is 880. The van der Waals surface area contributed by atoms with Crippen LogP contribution in [-0.2, 0) is 22.7 Å².